The largest absolute Gasteiger partial charge is 0.394 e. The molecule has 4 N–H and O–H groups in total. The first-order valence-electron chi connectivity index (χ1n) is 6.90. The molecule has 4 nitrogen and oxygen atoms in total. The van der Waals surface area contributed by atoms with Gasteiger partial charge in [-0.3, -0.25) is 0 Å². The maximum Gasteiger partial charge on any atom is 0.109 e. The summed E-state index contributed by atoms with van der Waals surface area (Å²) < 4.78 is 0. The highest BCUT2D eigenvalue weighted by molar-refractivity contribution is 5.34. The van der Waals surface area contributed by atoms with Crippen LogP contribution in [-0.2, 0) is 0 Å². The van der Waals surface area contributed by atoms with E-state index in [1.807, 2.05) is 60.7 Å². The summed E-state index contributed by atoms with van der Waals surface area (Å²) in [6.45, 7) is -0.603. The van der Waals surface area contributed by atoms with Crippen molar-refractivity contribution in [3.8, 4) is 0 Å². The third-order valence-electron chi connectivity index (χ3n) is 3.59. The van der Waals surface area contributed by atoms with Crippen molar-refractivity contribution in [2.24, 2.45) is 0 Å². The van der Waals surface area contributed by atoms with Crippen LogP contribution < -0.4 is 0 Å². The van der Waals surface area contributed by atoms with Crippen LogP contribution in [0.2, 0.25) is 0 Å². The topological polar surface area (TPSA) is 80.9 Å². The van der Waals surface area contributed by atoms with Gasteiger partial charge in [-0.25, -0.2) is 0 Å². The van der Waals surface area contributed by atoms with Crippen molar-refractivity contribution >= 4 is 0 Å². The van der Waals surface area contributed by atoms with Gasteiger partial charge in [-0.2, -0.15) is 0 Å². The lowest BCUT2D eigenvalue weighted by Gasteiger charge is -2.29. The molecule has 0 aliphatic carbocycles. The summed E-state index contributed by atoms with van der Waals surface area (Å²) in [5.74, 6) is -0.483. The van der Waals surface area contributed by atoms with Crippen molar-refractivity contribution < 1.29 is 20.4 Å². The number of rotatable bonds is 6. The number of aliphatic hydroxyl groups is 4. The Labute approximate surface area is 123 Å². The highest BCUT2D eigenvalue weighted by Crippen LogP contribution is 2.30. The predicted octanol–water partition coefficient (Wildman–Crippen LogP) is 0.893. The molecule has 0 unspecified atom stereocenters. The number of aliphatic hydroxyl groups excluding tert-OH is 4. The molecule has 0 bridgehead atoms. The highest BCUT2D eigenvalue weighted by Gasteiger charge is 2.32. The molecule has 0 aliphatic rings. The van der Waals surface area contributed by atoms with E-state index in [0.29, 0.717) is 0 Å². The van der Waals surface area contributed by atoms with Crippen LogP contribution >= 0.6 is 0 Å². The summed E-state index contributed by atoms with van der Waals surface area (Å²) in [5, 5.41) is 39.0. The van der Waals surface area contributed by atoms with Crippen molar-refractivity contribution in [2.75, 3.05) is 6.61 Å². The second-order valence-electron chi connectivity index (χ2n) is 5.03. The fraction of sp³-hybridized carbons (Fsp3) is 0.294. The zero-order chi connectivity index (χ0) is 15.2. The molecule has 3 atom stereocenters. The summed E-state index contributed by atoms with van der Waals surface area (Å²) in [5.41, 5.74) is 1.67. The van der Waals surface area contributed by atoms with Crippen LogP contribution in [0.25, 0.3) is 0 Å². The SMILES string of the molecule is OC[C@@H](O)[C@H](O)[C@@H](O)C(c1ccccc1)c1ccccc1. The molecule has 0 heterocycles. The summed E-state index contributed by atoms with van der Waals surface area (Å²) in [4.78, 5) is 0. The standard InChI is InChI=1S/C17H20O4/c18-11-14(19)16(20)17(21)15(12-7-3-1-4-8-12)13-9-5-2-6-10-13/h1-10,14-21H,11H2/t14-,16+,17+/m1/s1. The second-order valence-corrected chi connectivity index (χ2v) is 5.03. The summed E-state index contributed by atoms with van der Waals surface area (Å²) in [6, 6.07) is 18.6. The Bertz CT molecular complexity index is 490. The summed E-state index contributed by atoms with van der Waals surface area (Å²) >= 11 is 0. The van der Waals surface area contributed by atoms with Gasteiger partial charge in [0.1, 0.15) is 12.2 Å². The van der Waals surface area contributed by atoms with E-state index in [2.05, 4.69) is 0 Å². The van der Waals surface area contributed by atoms with Gasteiger partial charge in [0, 0.05) is 5.92 Å². The number of hydrogen-bond donors (Lipinski definition) is 4. The fourth-order valence-electron chi connectivity index (χ4n) is 2.44. The quantitative estimate of drug-likeness (QED) is 0.636. The maximum absolute atomic E-state index is 10.5. The van der Waals surface area contributed by atoms with E-state index in [0.717, 1.165) is 11.1 Å². The van der Waals surface area contributed by atoms with Gasteiger partial charge in [0.15, 0.2) is 0 Å². The van der Waals surface area contributed by atoms with Crippen molar-refractivity contribution in [3.05, 3.63) is 71.8 Å². The van der Waals surface area contributed by atoms with Gasteiger partial charge in [-0.1, -0.05) is 60.7 Å². The monoisotopic (exact) mass is 288 g/mol. The van der Waals surface area contributed by atoms with Gasteiger partial charge in [-0.15, -0.1) is 0 Å². The molecule has 2 aromatic rings. The molecule has 21 heavy (non-hydrogen) atoms. The van der Waals surface area contributed by atoms with E-state index in [9.17, 15) is 15.3 Å². The Hall–Kier alpha value is -1.72. The van der Waals surface area contributed by atoms with Crippen molar-refractivity contribution in [3.63, 3.8) is 0 Å². The molecule has 0 saturated heterocycles. The van der Waals surface area contributed by atoms with Crippen molar-refractivity contribution in [1.29, 1.82) is 0 Å². The molecule has 0 saturated carbocycles. The van der Waals surface area contributed by atoms with Crippen LogP contribution in [0.15, 0.2) is 60.7 Å². The van der Waals surface area contributed by atoms with E-state index in [-0.39, 0.29) is 0 Å². The lowest BCUT2D eigenvalue weighted by molar-refractivity contribution is -0.0806. The Morgan fingerprint density at radius 1 is 0.667 bits per heavy atom. The molecular weight excluding hydrogens is 268 g/mol. The first-order valence-corrected chi connectivity index (χ1v) is 6.90. The molecular formula is C17H20O4. The van der Waals surface area contributed by atoms with E-state index < -0.39 is 30.8 Å². The Morgan fingerprint density at radius 3 is 1.48 bits per heavy atom. The molecule has 0 amide bonds. The summed E-state index contributed by atoms with van der Waals surface area (Å²) in [7, 11) is 0. The minimum atomic E-state index is -1.43. The van der Waals surface area contributed by atoms with E-state index in [1.165, 1.54) is 0 Å². The zero-order valence-electron chi connectivity index (χ0n) is 11.6. The van der Waals surface area contributed by atoms with Crippen LogP contribution in [0.5, 0.6) is 0 Å². The average molecular weight is 288 g/mol. The van der Waals surface area contributed by atoms with Gasteiger partial charge in [-0.05, 0) is 11.1 Å². The number of hydrogen-bond acceptors (Lipinski definition) is 4. The van der Waals surface area contributed by atoms with Gasteiger partial charge in [0.2, 0.25) is 0 Å². The van der Waals surface area contributed by atoms with Crippen LogP contribution in [0.3, 0.4) is 0 Å². The van der Waals surface area contributed by atoms with E-state index in [4.69, 9.17) is 5.11 Å². The Balaban J connectivity index is 2.37. The highest BCUT2D eigenvalue weighted by atomic mass is 16.4. The van der Waals surface area contributed by atoms with Crippen molar-refractivity contribution in [1.82, 2.24) is 0 Å². The van der Waals surface area contributed by atoms with Gasteiger partial charge >= 0.3 is 0 Å². The average Bonchev–Trinajstić information content (AvgIpc) is 2.55. The van der Waals surface area contributed by atoms with E-state index in [1.54, 1.807) is 0 Å². The molecule has 112 valence electrons. The van der Waals surface area contributed by atoms with Crippen LogP contribution in [0.1, 0.15) is 17.0 Å². The molecule has 0 spiro atoms. The first kappa shape index (κ1) is 15.7. The number of benzene rings is 2. The van der Waals surface area contributed by atoms with Crippen LogP contribution in [-0.4, -0.2) is 45.3 Å². The summed E-state index contributed by atoms with van der Waals surface area (Å²) in [6.07, 6.45) is -4.03. The van der Waals surface area contributed by atoms with Gasteiger partial charge in [0.05, 0.1) is 12.7 Å². The van der Waals surface area contributed by atoms with Gasteiger partial charge in [0.25, 0.3) is 0 Å². The fourth-order valence-corrected chi connectivity index (χ4v) is 2.44. The lowest BCUT2D eigenvalue weighted by atomic mass is 9.83. The van der Waals surface area contributed by atoms with E-state index >= 15 is 0 Å². The molecule has 0 aromatic heterocycles. The van der Waals surface area contributed by atoms with Crippen molar-refractivity contribution in [2.45, 2.75) is 24.2 Å². The molecule has 2 aromatic carbocycles. The third kappa shape index (κ3) is 3.68. The van der Waals surface area contributed by atoms with Crippen LogP contribution in [0, 0.1) is 0 Å². The first-order chi connectivity index (χ1) is 10.1. The minimum absolute atomic E-state index is 0.483. The molecule has 0 radical (unpaired) electrons. The molecule has 4 heteroatoms. The lowest BCUT2D eigenvalue weighted by Crippen LogP contribution is -2.43. The molecule has 2 rings (SSSR count). The third-order valence-corrected chi connectivity index (χ3v) is 3.59. The molecule has 0 aliphatic heterocycles. The second kappa shape index (κ2) is 7.33. The van der Waals surface area contributed by atoms with Crippen LogP contribution in [0.4, 0.5) is 0 Å². The normalized spacial score (nSPS) is 15.7. The Kier molecular flexibility index (Phi) is 5.47. The smallest absolute Gasteiger partial charge is 0.109 e. The Morgan fingerprint density at radius 2 is 1.10 bits per heavy atom. The maximum atomic E-state index is 10.5. The zero-order valence-corrected chi connectivity index (χ0v) is 11.6. The predicted molar refractivity (Wildman–Crippen MR) is 79.8 cm³/mol. The molecule has 0 fully saturated rings. The van der Waals surface area contributed by atoms with Gasteiger partial charge < -0.3 is 20.4 Å². The minimum Gasteiger partial charge on any atom is -0.394 e.